The summed E-state index contributed by atoms with van der Waals surface area (Å²) in [7, 11) is 1.65. The van der Waals surface area contributed by atoms with Crippen LogP contribution in [0.1, 0.15) is 19.2 Å². The van der Waals surface area contributed by atoms with Gasteiger partial charge in [0.1, 0.15) is 5.75 Å². The van der Waals surface area contributed by atoms with E-state index in [1.54, 1.807) is 13.3 Å². The van der Waals surface area contributed by atoms with Crippen LogP contribution >= 0.6 is 15.9 Å². The first-order valence-corrected chi connectivity index (χ1v) is 7.53. The predicted octanol–water partition coefficient (Wildman–Crippen LogP) is 3.65. The predicted molar refractivity (Wildman–Crippen MR) is 83.1 cm³/mol. The SMILES string of the molecule is CCCNCCc1ncc(-c2ccc(OC)c(Br)c2)o1. The summed E-state index contributed by atoms with van der Waals surface area (Å²) in [5, 5.41) is 3.33. The number of nitrogens with zero attached hydrogens (tertiary/aromatic N) is 1. The highest BCUT2D eigenvalue weighted by Crippen LogP contribution is 2.30. The van der Waals surface area contributed by atoms with Gasteiger partial charge >= 0.3 is 0 Å². The largest absolute Gasteiger partial charge is 0.496 e. The molecule has 1 aromatic carbocycles. The van der Waals surface area contributed by atoms with Gasteiger partial charge in [0, 0.05) is 18.5 Å². The van der Waals surface area contributed by atoms with Crippen molar-refractivity contribution >= 4 is 15.9 Å². The maximum atomic E-state index is 5.77. The molecule has 0 fully saturated rings. The molecule has 2 aromatic rings. The van der Waals surface area contributed by atoms with Crippen LogP contribution in [0.15, 0.2) is 33.3 Å². The van der Waals surface area contributed by atoms with Crippen LogP contribution in [0, 0.1) is 0 Å². The molecular formula is C15H19BrN2O2. The molecule has 2 rings (SSSR count). The number of hydrogen-bond donors (Lipinski definition) is 1. The highest BCUT2D eigenvalue weighted by atomic mass is 79.9. The number of aromatic nitrogens is 1. The zero-order valence-corrected chi connectivity index (χ0v) is 13.4. The van der Waals surface area contributed by atoms with Gasteiger partial charge in [-0.3, -0.25) is 0 Å². The first-order chi connectivity index (χ1) is 9.74. The zero-order chi connectivity index (χ0) is 14.4. The summed E-state index contributed by atoms with van der Waals surface area (Å²) < 4.78 is 11.9. The van der Waals surface area contributed by atoms with Gasteiger partial charge in [0.25, 0.3) is 0 Å². The van der Waals surface area contributed by atoms with Crippen LogP contribution < -0.4 is 10.1 Å². The van der Waals surface area contributed by atoms with Crippen molar-refractivity contribution < 1.29 is 9.15 Å². The van der Waals surface area contributed by atoms with E-state index in [9.17, 15) is 0 Å². The van der Waals surface area contributed by atoms with Crippen LogP contribution in [0.4, 0.5) is 0 Å². The van der Waals surface area contributed by atoms with Crippen molar-refractivity contribution in [1.29, 1.82) is 0 Å². The van der Waals surface area contributed by atoms with Crippen molar-refractivity contribution in [2.75, 3.05) is 20.2 Å². The molecular weight excluding hydrogens is 320 g/mol. The topological polar surface area (TPSA) is 47.3 Å². The Morgan fingerprint density at radius 2 is 2.20 bits per heavy atom. The monoisotopic (exact) mass is 338 g/mol. The molecule has 108 valence electrons. The Bertz CT molecular complexity index is 555. The molecule has 0 amide bonds. The third kappa shape index (κ3) is 3.84. The molecule has 0 atom stereocenters. The number of nitrogens with one attached hydrogen (secondary N) is 1. The standard InChI is InChI=1S/C15H19BrN2O2/c1-3-7-17-8-6-15-18-10-14(20-15)11-4-5-13(19-2)12(16)9-11/h4-5,9-10,17H,3,6-8H2,1-2H3. The minimum atomic E-state index is 0.760. The van der Waals surface area contributed by atoms with Gasteiger partial charge in [-0.25, -0.2) is 4.98 Å². The van der Waals surface area contributed by atoms with E-state index in [0.29, 0.717) is 0 Å². The number of hydrogen-bond acceptors (Lipinski definition) is 4. The molecule has 0 spiro atoms. The molecule has 0 bridgehead atoms. The summed E-state index contributed by atoms with van der Waals surface area (Å²) in [5.74, 6) is 2.34. The van der Waals surface area contributed by atoms with Crippen molar-refractivity contribution in [2.24, 2.45) is 0 Å². The Balaban J connectivity index is 2.03. The summed E-state index contributed by atoms with van der Waals surface area (Å²) in [6.07, 6.45) is 3.71. The van der Waals surface area contributed by atoms with E-state index >= 15 is 0 Å². The Labute approximate surface area is 127 Å². The Hall–Kier alpha value is -1.33. The van der Waals surface area contributed by atoms with Crippen LogP contribution in [-0.4, -0.2) is 25.2 Å². The van der Waals surface area contributed by atoms with E-state index < -0.39 is 0 Å². The molecule has 0 radical (unpaired) electrons. The third-order valence-electron chi connectivity index (χ3n) is 2.93. The van der Waals surface area contributed by atoms with Gasteiger partial charge < -0.3 is 14.5 Å². The molecule has 0 aliphatic heterocycles. The molecule has 1 N–H and O–H groups in total. The van der Waals surface area contributed by atoms with Crippen LogP contribution in [0.3, 0.4) is 0 Å². The van der Waals surface area contributed by atoms with Crippen molar-refractivity contribution in [3.05, 3.63) is 34.8 Å². The first-order valence-electron chi connectivity index (χ1n) is 6.74. The van der Waals surface area contributed by atoms with Crippen LogP contribution in [0.5, 0.6) is 5.75 Å². The summed E-state index contributed by atoms with van der Waals surface area (Å²) in [6.45, 7) is 4.07. The first kappa shape index (κ1) is 15.1. The molecule has 0 aliphatic rings. The van der Waals surface area contributed by atoms with Crippen molar-refractivity contribution in [3.63, 3.8) is 0 Å². The molecule has 1 aromatic heterocycles. The highest BCUT2D eigenvalue weighted by molar-refractivity contribution is 9.10. The Morgan fingerprint density at radius 3 is 2.90 bits per heavy atom. The van der Waals surface area contributed by atoms with Gasteiger partial charge in [-0.1, -0.05) is 6.92 Å². The fourth-order valence-electron chi connectivity index (χ4n) is 1.88. The van der Waals surface area contributed by atoms with E-state index in [4.69, 9.17) is 9.15 Å². The fraction of sp³-hybridized carbons (Fsp3) is 0.400. The molecule has 1 heterocycles. The lowest BCUT2D eigenvalue weighted by Crippen LogP contribution is -2.17. The number of benzene rings is 1. The van der Waals surface area contributed by atoms with Crippen molar-refractivity contribution in [3.8, 4) is 17.1 Å². The van der Waals surface area contributed by atoms with E-state index in [2.05, 4.69) is 33.2 Å². The maximum Gasteiger partial charge on any atom is 0.196 e. The van der Waals surface area contributed by atoms with E-state index in [1.807, 2.05) is 18.2 Å². The minimum Gasteiger partial charge on any atom is -0.496 e. The van der Waals surface area contributed by atoms with E-state index in [1.165, 1.54) is 0 Å². The summed E-state index contributed by atoms with van der Waals surface area (Å²) >= 11 is 3.47. The van der Waals surface area contributed by atoms with Gasteiger partial charge in [-0.15, -0.1) is 0 Å². The zero-order valence-electron chi connectivity index (χ0n) is 11.8. The van der Waals surface area contributed by atoms with Crippen molar-refractivity contribution in [2.45, 2.75) is 19.8 Å². The second-order valence-electron chi connectivity index (χ2n) is 4.47. The smallest absolute Gasteiger partial charge is 0.196 e. The summed E-state index contributed by atoms with van der Waals surface area (Å²) in [4.78, 5) is 4.31. The fourth-order valence-corrected chi connectivity index (χ4v) is 2.42. The normalized spacial score (nSPS) is 10.8. The quantitative estimate of drug-likeness (QED) is 0.782. The number of halogens is 1. The molecule has 0 saturated heterocycles. The second-order valence-corrected chi connectivity index (χ2v) is 5.32. The average Bonchev–Trinajstić information content (AvgIpc) is 2.92. The number of methoxy groups -OCH3 is 1. The molecule has 0 saturated carbocycles. The van der Waals surface area contributed by atoms with Crippen molar-refractivity contribution in [1.82, 2.24) is 10.3 Å². The third-order valence-corrected chi connectivity index (χ3v) is 3.55. The van der Waals surface area contributed by atoms with Gasteiger partial charge in [-0.2, -0.15) is 0 Å². The van der Waals surface area contributed by atoms with Gasteiger partial charge in [0.15, 0.2) is 11.7 Å². The molecule has 0 aliphatic carbocycles. The number of ether oxygens (including phenoxy) is 1. The van der Waals surface area contributed by atoms with Gasteiger partial charge in [0.2, 0.25) is 0 Å². The average molecular weight is 339 g/mol. The lowest BCUT2D eigenvalue weighted by atomic mass is 10.2. The van der Waals surface area contributed by atoms with E-state index in [-0.39, 0.29) is 0 Å². The van der Waals surface area contributed by atoms with Gasteiger partial charge in [-0.05, 0) is 47.1 Å². The maximum absolute atomic E-state index is 5.77. The highest BCUT2D eigenvalue weighted by Gasteiger charge is 2.08. The Morgan fingerprint density at radius 1 is 1.35 bits per heavy atom. The van der Waals surface area contributed by atoms with E-state index in [0.717, 1.165) is 53.4 Å². The lowest BCUT2D eigenvalue weighted by molar-refractivity contribution is 0.412. The minimum absolute atomic E-state index is 0.760. The second kappa shape index (κ2) is 7.45. The summed E-state index contributed by atoms with van der Waals surface area (Å²) in [5.41, 5.74) is 0.984. The number of oxazole rings is 1. The van der Waals surface area contributed by atoms with Gasteiger partial charge in [0.05, 0.1) is 17.8 Å². The van der Waals surface area contributed by atoms with Crippen LogP contribution in [0.25, 0.3) is 11.3 Å². The number of rotatable bonds is 7. The molecule has 0 unspecified atom stereocenters. The molecule has 4 nitrogen and oxygen atoms in total. The molecule has 5 heteroatoms. The van der Waals surface area contributed by atoms with Crippen LogP contribution in [-0.2, 0) is 6.42 Å². The Kier molecular flexibility index (Phi) is 5.61. The summed E-state index contributed by atoms with van der Waals surface area (Å²) in [6, 6.07) is 5.84. The van der Waals surface area contributed by atoms with Crippen LogP contribution in [0.2, 0.25) is 0 Å². The molecule has 20 heavy (non-hydrogen) atoms. The lowest BCUT2D eigenvalue weighted by Gasteiger charge is -2.04.